The van der Waals surface area contributed by atoms with Crippen LogP contribution in [0.5, 0.6) is 0 Å². The first-order valence-corrected chi connectivity index (χ1v) is 6.23. The van der Waals surface area contributed by atoms with Gasteiger partial charge in [-0.25, -0.2) is 4.98 Å². The van der Waals surface area contributed by atoms with Gasteiger partial charge >= 0.3 is 0 Å². The molecule has 0 unspecified atom stereocenters. The van der Waals surface area contributed by atoms with Crippen molar-refractivity contribution >= 4 is 5.69 Å². The SMILES string of the molecule is Cc1cc(N)cc(-c2nc(-c3cncn3C)no2)c1C. The highest BCUT2D eigenvalue weighted by Crippen LogP contribution is 2.28. The number of benzene rings is 1. The zero-order chi connectivity index (χ0) is 14.3. The summed E-state index contributed by atoms with van der Waals surface area (Å²) in [7, 11) is 1.88. The van der Waals surface area contributed by atoms with Crippen LogP contribution < -0.4 is 5.73 Å². The van der Waals surface area contributed by atoms with Gasteiger partial charge in [0, 0.05) is 18.3 Å². The largest absolute Gasteiger partial charge is 0.399 e. The lowest BCUT2D eigenvalue weighted by molar-refractivity contribution is 0.431. The summed E-state index contributed by atoms with van der Waals surface area (Å²) in [6, 6.07) is 3.78. The smallest absolute Gasteiger partial charge is 0.258 e. The molecule has 1 aromatic carbocycles. The van der Waals surface area contributed by atoms with E-state index in [1.54, 1.807) is 12.5 Å². The number of aryl methyl sites for hydroxylation is 2. The van der Waals surface area contributed by atoms with Crippen LogP contribution in [0.4, 0.5) is 5.69 Å². The van der Waals surface area contributed by atoms with Crippen LogP contribution >= 0.6 is 0 Å². The van der Waals surface area contributed by atoms with E-state index in [-0.39, 0.29) is 0 Å². The molecule has 20 heavy (non-hydrogen) atoms. The molecule has 0 atom stereocenters. The first-order valence-electron chi connectivity index (χ1n) is 6.23. The number of anilines is 1. The molecule has 0 saturated carbocycles. The molecule has 2 N–H and O–H groups in total. The predicted octanol–water partition coefficient (Wildman–Crippen LogP) is 2.34. The summed E-state index contributed by atoms with van der Waals surface area (Å²) in [5, 5.41) is 4.01. The highest BCUT2D eigenvalue weighted by atomic mass is 16.5. The average Bonchev–Trinajstić information content (AvgIpc) is 3.02. The lowest BCUT2D eigenvalue weighted by Crippen LogP contribution is -1.93. The van der Waals surface area contributed by atoms with Crippen LogP contribution in [-0.4, -0.2) is 19.7 Å². The fourth-order valence-electron chi connectivity index (χ4n) is 2.12. The third kappa shape index (κ3) is 1.95. The lowest BCUT2D eigenvalue weighted by atomic mass is 10.0. The molecule has 0 aliphatic rings. The summed E-state index contributed by atoms with van der Waals surface area (Å²) in [5.74, 6) is 0.980. The van der Waals surface area contributed by atoms with E-state index in [1.165, 1.54) is 0 Å². The Morgan fingerprint density at radius 3 is 2.75 bits per heavy atom. The Morgan fingerprint density at radius 2 is 2.05 bits per heavy atom. The molecule has 0 saturated heterocycles. The maximum atomic E-state index is 5.89. The van der Waals surface area contributed by atoms with E-state index < -0.39 is 0 Å². The summed E-state index contributed by atoms with van der Waals surface area (Å²) < 4.78 is 7.20. The molecular weight excluding hydrogens is 254 g/mol. The Balaban J connectivity index is 2.09. The lowest BCUT2D eigenvalue weighted by Gasteiger charge is -2.06. The molecule has 0 spiro atoms. The molecule has 2 heterocycles. The van der Waals surface area contributed by atoms with Crippen molar-refractivity contribution in [3.8, 4) is 23.0 Å². The number of hydrogen-bond acceptors (Lipinski definition) is 5. The van der Waals surface area contributed by atoms with E-state index >= 15 is 0 Å². The molecule has 0 fully saturated rings. The van der Waals surface area contributed by atoms with Gasteiger partial charge in [-0.1, -0.05) is 5.16 Å². The van der Waals surface area contributed by atoms with Crippen molar-refractivity contribution in [2.75, 3.05) is 5.73 Å². The van der Waals surface area contributed by atoms with Gasteiger partial charge in [-0.15, -0.1) is 0 Å². The van der Waals surface area contributed by atoms with Crippen LogP contribution in [0.15, 0.2) is 29.2 Å². The maximum absolute atomic E-state index is 5.89. The molecule has 3 rings (SSSR count). The van der Waals surface area contributed by atoms with Crippen molar-refractivity contribution < 1.29 is 4.52 Å². The number of nitrogen functional groups attached to an aromatic ring is 1. The Bertz CT molecular complexity index is 772. The Kier molecular flexibility index (Phi) is 2.78. The molecule has 0 amide bonds. The van der Waals surface area contributed by atoms with Crippen molar-refractivity contribution in [3.05, 3.63) is 35.8 Å². The topological polar surface area (TPSA) is 82.8 Å². The van der Waals surface area contributed by atoms with E-state index in [9.17, 15) is 0 Å². The van der Waals surface area contributed by atoms with E-state index in [1.807, 2.05) is 37.6 Å². The number of nitrogens with zero attached hydrogens (tertiary/aromatic N) is 4. The molecule has 6 nitrogen and oxygen atoms in total. The van der Waals surface area contributed by atoms with Crippen LogP contribution in [0, 0.1) is 13.8 Å². The molecule has 0 bridgehead atoms. The van der Waals surface area contributed by atoms with Gasteiger partial charge in [-0.05, 0) is 37.1 Å². The summed E-state index contributed by atoms with van der Waals surface area (Å²) in [6.45, 7) is 4.02. The monoisotopic (exact) mass is 269 g/mol. The second-order valence-corrected chi connectivity index (χ2v) is 4.82. The Morgan fingerprint density at radius 1 is 1.25 bits per heavy atom. The molecule has 0 radical (unpaired) electrons. The molecule has 0 aliphatic heterocycles. The van der Waals surface area contributed by atoms with Crippen LogP contribution in [0.3, 0.4) is 0 Å². The van der Waals surface area contributed by atoms with Crippen LogP contribution in [0.25, 0.3) is 23.0 Å². The molecule has 102 valence electrons. The summed E-state index contributed by atoms with van der Waals surface area (Å²) in [4.78, 5) is 8.48. The van der Waals surface area contributed by atoms with Gasteiger partial charge in [0.05, 0.1) is 12.5 Å². The van der Waals surface area contributed by atoms with Crippen LogP contribution in [0.1, 0.15) is 11.1 Å². The molecule has 2 aromatic heterocycles. The van der Waals surface area contributed by atoms with E-state index in [0.29, 0.717) is 17.4 Å². The average molecular weight is 269 g/mol. The molecular formula is C14H15N5O. The van der Waals surface area contributed by atoms with Crippen molar-refractivity contribution in [1.82, 2.24) is 19.7 Å². The number of hydrogen-bond donors (Lipinski definition) is 1. The molecule has 3 aromatic rings. The first kappa shape index (κ1) is 12.4. The maximum Gasteiger partial charge on any atom is 0.258 e. The van der Waals surface area contributed by atoms with Gasteiger partial charge in [0.25, 0.3) is 5.89 Å². The van der Waals surface area contributed by atoms with Gasteiger partial charge in [-0.2, -0.15) is 4.98 Å². The highest BCUT2D eigenvalue weighted by Gasteiger charge is 2.15. The van der Waals surface area contributed by atoms with E-state index in [2.05, 4.69) is 15.1 Å². The van der Waals surface area contributed by atoms with Crippen LogP contribution in [0.2, 0.25) is 0 Å². The first-order chi connectivity index (χ1) is 9.56. The van der Waals surface area contributed by atoms with Gasteiger partial charge in [0.1, 0.15) is 5.69 Å². The Hall–Kier alpha value is -2.63. The minimum atomic E-state index is 0.467. The van der Waals surface area contributed by atoms with Crippen molar-refractivity contribution in [1.29, 1.82) is 0 Å². The van der Waals surface area contributed by atoms with Crippen molar-refractivity contribution in [2.45, 2.75) is 13.8 Å². The molecule has 0 aliphatic carbocycles. The Labute approximate surface area is 116 Å². The zero-order valence-corrected chi connectivity index (χ0v) is 11.6. The zero-order valence-electron chi connectivity index (χ0n) is 11.6. The van der Waals surface area contributed by atoms with Gasteiger partial charge < -0.3 is 14.8 Å². The second kappa shape index (κ2) is 4.48. The number of nitrogens with two attached hydrogens (primary N) is 1. The van der Waals surface area contributed by atoms with Gasteiger partial charge in [-0.3, -0.25) is 0 Å². The van der Waals surface area contributed by atoms with Gasteiger partial charge in [0.2, 0.25) is 5.82 Å². The fraction of sp³-hybridized carbons (Fsp3) is 0.214. The van der Waals surface area contributed by atoms with Crippen molar-refractivity contribution in [2.24, 2.45) is 7.05 Å². The normalized spacial score (nSPS) is 10.9. The van der Waals surface area contributed by atoms with E-state index in [0.717, 1.165) is 22.4 Å². The third-order valence-electron chi connectivity index (χ3n) is 3.39. The fourth-order valence-corrected chi connectivity index (χ4v) is 2.12. The van der Waals surface area contributed by atoms with Gasteiger partial charge in [0.15, 0.2) is 0 Å². The third-order valence-corrected chi connectivity index (χ3v) is 3.39. The summed E-state index contributed by atoms with van der Waals surface area (Å²) >= 11 is 0. The standard InChI is InChI=1S/C14H15N5O/c1-8-4-10(15)5-11(9(8)2)14-17-13(18-20-14)12-6-16-7-19(12)3/h4-7H,15H2,1-3H3. The number of rotatable bonds is 2. The molecule has 6 heteroatoms. The second-order valence-electron chi connectivity index (χ2n) is 4.82. The minimum Gasteiger partial charge on any atom is -0.399 e. The van der Waals surface area contributed by atoms with Crippen LogP contribution in [-0.2, 0) is 7.05 Å². The number of imidazole rings is 1. The minimum absolute atomic E-state index is 0.467. The van der Waals surface area contributed by atoms with Crippen molar-refractivity contribution in [3.63, 3.8) is 0 Å². The van der Waals surface area contributed by atoms with E-state index in [4.69, 9.17) is 10.3 Å². The number of aromatic nitrogens is 4. The quantitative estimate of drug-likeness (QED) is 0.722. The highest BCUT2D eigenvalue weighted by molar-refractivity contribution is 5.67. The predicted molar refractivity (Wildman–Crippen MR) is 75.8 cm³/mol. The summed E-state index contributed by atoms with van der Waals surface area (Å²) in [5.41, 5.74) is 10.4. The summed E-state index contributed by atoms with van der Waals surface area (Å²) in [6.07, 6.45) is 3.40.